The molecule has 0 amide bonds. The summed E-state index contributed by atoms with van der Waals surface area (Å²) in [4.78, 5) is 0. The zero-order valence-electron chi connectivity index (χ0n) is 6.95. The number of hydrogen-bond acceptors (Lipinski definition) is 4. The van der Waals surface area contributed by atoms with Gasteiger partial charge in [0.1, 0.15) is 11.5 Å². The summed E-state index contributed by atoms with van der Waals surface area (Å²) in [6, 6.07) is 3.70. The highest BCUT2D eigenvalue weighted by Gasteiger charge is 1.91. The van der Waals surface area contributed by atoms with Gasteiger partial charge in [0.2, 0.25) is 0 Å². The van der Waals surface area contributed by atoms with Gasteiger partial charge in [0, 0.05) is 0 Å². The van der Waals surface area contributed by atoms with Crippen LogP contribution in [0.2, 0.25) is 0 Å². The average Bonchev–Trinajstić information content (AvgIpc) is 2.45. The van der Waals surface area contributed by atoms with E-state index < -0.39 is 0 Å². The van der Waals surface area contributed by atoms with Crippen molar-refractivity contribution in [1.82, 2.24) is 5.43 Å². The molecular formula is C8H12N2O2. The number of nitrogens with zero attached hydrogens (tertiary/aromatic N) is 1. The van der Waals surface area contributed by atoms with Crippen molar-refractivity contribution >= 4 is 6.21 Å². The Labute approximate surface area is 70.9 Å². The number of aliphatic hydroxyl groups is 1. The van der Waals surface area contributed by atoms with E-state index in [9.17, 15) is 0 Å². The first kappa shape index (κ1) is 8.80. The molecule has 0 spiro atoms. The Bertz CT molecular complexity index is 255. The molecule has 0 atom stereocenters. The summed E-state index contributed by atoms with van der Waals surface area (Å²) in [7, 11) is 0. The minimum absolute atomic E-state index is 0.0779. The summed E-state index contributed by atoms with van der Waals surface area (Å²) >= 11 is 0. The molecule has 0 bridgehead atoms. The molecule has 0 aliphatic heterocycles. The second-order valence-electron chi connectivity index (χ2n) is 2.34. The number of hydrogen-bond donors (Lipinski definition) is 2. The third-order valence-corrected chi connectivity index (χ3v) is 1.27. The zero-order valence-corrected chi connectivity index (χ0v) is 6.95. The minimum Gasteiger partial charge on any atom is -0.460 e. The molecule has 4 heteroatoms. The third-order valence-electron chi connectivity index (χ3n) is 1.27. The van der Waals surface area contributed by atoms with Gasteiger partial charge in [-0.3, -0.25) is 0 Å². The average molecular weight is 168 g/mol. The predicted molar refractivity (Wildman–Crippen MR) is 46.1 cm³/mol. The first-order valence-corrected chi connectivity index (χ1v) is 3.76. The van der Waals surface area contributed by atoms with E-state index in [1.165, 1.54) is 0 Å². The molecular weight excluding hydrogens is 156 g/mol. The fourth-order valence-corrected chi connectivity index (χ4v) is 0.747. The van der Waals surface area contributed by atoms with Crippen molar-refractivity contribution in [1.29, 1.82) is 0 Å². The van der Waals surface area contributed by atoms with Gasteiger partial charge in [-0.05, 0) is 19.1 Å². The second kappa shape index (κ2) is 4.56. The molecule has 0 aliphatic carbocycles. The van der Waals surface area contributed by atoms with E-state index >= 15 is 0 Å². The molecule has 1 aromatic heterocycles. The quantitative estimate of drug-likeness (QED) is 0.391. The molecule has 0 aromatic carbocycles. The van der Waals surface area contributed by atoms with Gasteiger partial charge in [-0.1, -0.05) is 0 Å². The molecule has 1 heterocycles. The highest BCUT2D eigenvalue weighted by Crippen LogP contribution is 2.02. The van der Waals surface area contributed by atoms with Crippen molar-refractivity contribution in [2.45, 2.75) is 6.92 Å². The van der Waals surface area contributed by atoms with Crippen molar-refractivity contribution in [3.05, 3.63) is 23.7 Å². The lowest BCUT2D eigenvalue weighted by Crippen LogP contribution is -2.10. The van der Waals surface area contributed by atoms with Gasteiger partial charge in [-0.25, -0.2) is 0 Å². The van der Waals surface area contributed by atoms with Crippen molar-refractivity contribution in [3.63, 3.8) is 0 Å². The van der Waals surface area contributed by atoms with Crippen LogP contribution in [0.1, 0.15) is 11.5 Å². The van der Waals surface area contributed by atoms with Crippen LogP contribution >= 0.6 is 0 Å². The molecule has 0 unspecified atom stereocenters. The fraction of sp³-hybridized carbons (Fsp3) is 0.375. The number of hydrazone groups is 1. The van der Waals surface area contributed by atoms with E-state index in [4.69, 9.17) is 9.52 Å². The molecule has 0 fully saturated rings. The Morgan fingerprint density at radius 2 is 2.50 bits per heavy atom. The normalized spacial score (nSPS) is 10.8. The Balaban J connectivity index is 2.36. The number of furan rings is 1. The van der Waals surface area contributed by atoms with Gasteiger partial charge in [-0.2, -0.15) is 5.10 Å². The molecule has 0 radical (unpaired) electrons. The van der Waals surface area contributed by atoms with Gasteiger partial charge in [0.05, 0.1) is 19.4 Å². The van der Waals surface area contributed by atoms with Crippen molar-refractivity contribution in [2.75, 3.05) is 13.2 Å². The van der Waals surface area contributed by atoms with Crippen LogP contribution in [-0.2, 0) is 0 Å². The Morgan fingerprint density at radius 3 is 3.08 bits per heavy atom. The molecule has 2 N–H and O–H groups in total. The van der Waals surface area contributed by atoms with Gasteiger partial charge in [0.15, 0.2) is 0 Å². The predicted octanol–water partition coefficient (Wildman–Crippen LogP) is 0.504. The van der Waals surface area contributed by atoms with Crippen LogP contribution in [0, 0.1) is 6.92 Å². The first-order chi connectivity index (χ1) is 5.83. The van der Waals surface area contributed by atoms with Crippen LogP contribution in [0.4, 0.5) is 0 Å². The summed E-state index contributed by atoms with van der Waals surface area (Å²) in [5.74, 6) is 1.57. The smallest absolute Gasteiger partial charge is 0.147 e. The van der Waals surface area contributed by atoms with Crippen molar-refractivity contribution in [2.24, 2.45) is 5.10 Å². The van der Waals surface area contributed by atoms with Crippen LogP contribution in [0.15, 0.2) is 21.7 Å². The maximum Gasteiger partial charge on any atom is 0.147 e. The maximum absolute atomic E-state index is 8.41. The molecule has 0 aliphatic rings. The molecule has 12 heavy (non-hydrogen) atoms. The molecule has 1 aromatic rings. The van der Waals surface area contributed by atoms with Gasteiger partial charge in [-0.15, -0.1) is 0 Å². The van der Waals surface area contributed by atoms with Crippen molar-refractivity contribution < 1.29 is 9.52 Å². The summed E-state index contributed by atoms with van der Waals surface area (Å²) in [6.07, 6.45) is 1.57. The standard InChI is InChI=1S/C8H12N2O2/c1-7-2-3-8(12-7)6-10-9-4-5-11/h2-3,6,9,11H,4-5H2,1H3. The van der Waals surface area contributed by atoms with E-state index in [0.717, 1.165) is 5.76 Å². The Hall–Kier alpha value is -1.29. The zero-order chi connectivity index (χ0) is 8.81. The maximum atomic E-state index is 8.41. The highest BCUT2D eigenvalue weighted by atomic mass is 16.3. The van der Waals surface area contributed by atoms with Crippen molar-refractivity contribution in [3.8, 4) is 0 Å². The van der Waals surface area contributed by atoms with E-state index in [1.54, 1.807) is 6.21 Å². The summed E-state index contributed by atoms with van der Waals surface area (Å²) in [5.41, 5.74) is 2.65. The second-order valence-corrected chi connectivity index (χ2v) is 2.34. The van der Waals surface area contributed by atoms with Crippen LogP contribution in [-0.4, -0.2) is 24.5 Å². The first-order valence-electron chi connectivity index (χ1n) is 3.76. The van der Waals surface area contributed by atoms with Crippen LogP contribution in [0.3, 0.4) is 0 Å². The lowest BCUT2D eigenvalue weighted by atomic mass is 10.4. The van der Waals surface area contributed by atoms with Crippen LogP contribution in [0.5, 0.6) is 0 Å². The number of aryl methyl sites for hydroxylation is 1. The molecule has 1 rings (SSSR count). The molecule has 0 saturated carbocycles. The Kier molecular flexibility index (Phi) is 3.35. The topological polar surface area (TPSA) is 57.8 Å². The third kappa shape index (κ3) is 2.75. The number of aliphatic hydroxyl groups excluding tert-OH is 1. The molecule has 4 nitrogen and oxygen atoms in total. The monoisotopic (exact) mass is 168 g/mol. The lowest BCUT2D eigenvalue weighted by Gasteiger charge is -1.92. The van der Waals surface area contributed by atoms with Gasteiger partial charge >= 0.3 is 0 Å². The fourth-order valence-electron chi connectivity index (χ4n) is 0.747. The van der Waals surface area contributed by atoms with Crippen LogP contribution in [0.25, 0.3) is 0 Å². The SMILES string of the molecule is Cc1ccc(C=NNCCO)o1. The van der Waals surface area contributed by atoms with E-state index in [2.05, 4.69) is 10.5 Å². The summed E-state index contributed by atoms with van der Waals surface area (Å²) in [5, 5.41) is 12.2. The summed E-state index contributed by atoms with van der Waals surface area (Å²) < 4.78 is 5.21. The Morgan fingerprint density at radius 1 is 1.67 bits per heavy atom. The molecule has 0 saturated heterocycles. The number of rotatable bonds is 4. The van der Waals surface area contributed by atoms with Gasteiger partial charge < -0.3 is 14.9 Å². The minimum atomic E-state index is 0.0779. The molecule has 66 valence electrons. The lowest BCUT2D eigenvalue weighted by molar-refractivity contribution is 0.293. The van der Waals surface area contributed by atoms with E-state index in [-0.39, 0.29) is 6.61 Å². The summed E-state index contributed by atoms with van der Waals surface area (Å²) in [6.45, 7) is 2.41. The largest absolute Gasteiger partial charge is 0.460 e. The van der Waals surface area contributed by atoms with Crippen LogP contribution < -0.4 is 5.43 Å². The number of nitrogens with one attached hydrogen (secondary N) is 1. The van der Waals surface area contributed by atoms with E-state index in [1.807, 2.05) is 19.1 Å². The highest BCUT2D eigenvalue weighted by molar-refractivity contribution is 5.75. The van der Waals surface area contributed by atoms with Gasteiger partial charge in [0.25, 0.3) is 0 Å². The van der Waals surface area contributed by atoms with E-state index in [0.29, 0.717) is 12.3 Å².